The topological polar surface area (TPSA) is 94.3 Å². The molecule has 0 saturated carbocycles. The highest BCUT2D eigenvalue weighted by atomic mass is 35.5. The number of anilines is 1. The maximum absolute atomic E-state index is 13.1. The molecular weight excluding hydrogens is 497 g/mol. The van der Waals surface area contributed by atoms with Crippen molar-refractivity contribution in [2.75, 3.05) is 11.9 Å². The SMILES string of the molecule is Cl.Cl.[2H]c1nccc2cc(NC(=O)[C@]([2H])(CN)c3ccc(C([2H])([2H])OC(=O)c4ccc(C)cc4C)cc3)ccc12. The summed E-state index contributed by atoms with van der Waals surface area (Å²) in [6.45, 7) is 0.867. The summed E-state index contributed by atoms with van der Waals surface area (Å²) in [5.41, 5.74) is 8.51. The molecule has 3 N–H and O–H groups in total. The van der Waals surface area contributed by atoms with Gasteiger partial charge in [0.1, 0.15) is 6.56 Å². The van der Waals surface area contributed by atoms with Crippen LogP contribution in [0.15, 0.2) is 79.1 Å². The molecule has 0 fully saturated rings. The second kappa shape index (κ2) is 13.0. The molecule has 3 aromatic carbocycles. The highest BCUT2D eigenvalue weighted by molar-refractivity contribution is 5.98. The van der Waals surface area contributed by atoms with Gasteiger partial charge < -0.3 is 15.8 Å². The predicted molar refractivity (Wildman–Crippen MR) is 148 cm³/mol. The fraction of sp³-hybridized carbons (Fsp3) is 0.179. The van der Waals surface area contributed by atoms with Gasteiger partial charge in [-0.1, -0.05) is 48.0 Å². The molecule has 0 radical (unpaired) electrons. The molecule has 6 nitrogen and oxygen atoms in total. The fourth-order valence-electron chi connectivity index (χ4n) is 3.60. The molecular formula is C28H29Cl2N3O3. The molecule has 1 amide bonds. The summed E-state index contributed by atoms with van der Waals surface area (Å²) >= 11 is 0. The minimum atomic E-state index is -2.45. The van der Waals surface area contributed by atoms with Gasteiger partial charge in [-0.05, 0) is 60.2 Å². The van der Waals surface area contributed by atoms with Gasteiger partial charge in [0.15, 0.2) is 0 Å². The molecule has 0 aliphatic carbocycles. The predicted octanol–water partition coefficient (Wildman–Crippen LogP) is 5.73. The average molecular weight is 530 g/mol. The molecule has 8 heteroatoms. The van der Waals surface area contributed by atoms with Crippen LogP contribution < -0.4 is 11.1 Å². The van der Waals surface area contributed by atoms with Crippen molar-refractivity contribution in [1.29, 1.82) is 0 Å². The molecule has 36 heavy (non-hydrogen) atoms. The Bertz CT molecular complexity index is 1540. The first-order chi connectivity index (χ1) is 17.9. The number of amides is 1. The molecule has 0 aliphatic heterocycles. The molecule has 0 unspecified atom stereocenters. The number of hydrogen-bond donors (Lipinski definition) is 2. The van der Waals surface area contributed by atoms with Crippen LogP contribution in [0.2, 0.25) is 0 Å². The summed E-state index contributed by atoms with van der Waals surface area (Å²) in [5, 5.41) is 4.06. The molecule has 1 heterocycles. The summed E-state index contributed by atoms with van der Waals surface area (Å²) in [6.07, 6.45) is 1.63. The van der Waals surface area contributed by atoms with Crippen LogP contribution in [0.25, 0.3) is 10.8 Å². The van der Waals surface area contributed by atoms with Crippen molar-refractivity contribution in [2.45, 2.75) is 26.3 Å². The van der Waals surface area contributed by atoms with Gasteiger partial charge in [0.05, 0.1) is 15.6 Å². The molecule has 4 rings (SSSR count). The van der Waals surface area contributed by atoms with Crippen molar-refractivity contribution >= 4 is 53.2 Å². The van der Waals surface area contributed by atoms with Crippen molar-refractivity contribution in [2.24, 2.45) is 5.73 Å². The zero-order valence-corrected chi connectivity index (χ0v) is 21.3. The van der Waals surface area contributed by atoms with Gasteiger partial charge in [-0.3, -0.25) is 9.78 Å². The Morgan fingerprint density at radius 1 is 1.06 bits per heavy atom. The van der Waals surface area contributed by atoms with Crippen LogP contribution in [0.3, 0.4) is 0 Å². The van der Waals surface area contributed by atoms with Crippen molar-refractivity contribution in [3.05, 3.63) is 107 Å². The Balaban J connectivity index is 0.00000280. The highest BCUT2D eigenvalue weighted by Gasteiger charge is 2.19. The second-order valence-corrected chi connectivity index (χ2v) is 7.88. The Morgan fingerprint density at radius 3 is 2.50 bits per heavy atom. The lowest BCUT2D eigenvalue weighted by atomic mass is 9.97. The molecule has 0 aliphatic rings. The number of hydrogen-bond acceptors (Lipinski definition) is 5. The summed E-state index contributed by atoms with van der Waals surface area (Å²) in [7, 11) is 0. The zero-order valence-electron chi connectivity index (χ0n) is 23.7. The van der Waals surface area contributed by atoms with Gasteiger partial charge >= 0.3 is 5.97 Å². The highest BCUT2D eigenvalue weighted by Crippen LogP contribution is 2.22. The van der Waals surface area contributed by atoms with Crippen LogP contribution in [0.4, 0.5) is 5.69 Å². The Hall–Kier alpha value is -3.45. The van der Waals surface area contributed by atoms with Gasteiger partial charge in [0, 0.05) is 31.4 Å². The van der Waals surface area contributed by atoms with Gasteiger partial charge in [-0.25, -0.2) is 4.79 Å². The Kier molecular flexibility index (Phi) is 8.31. The van der Waals surface area contributed by atoms with Crippen molar-refractivity contribution in [3.8, 4) is 0 Å². The van der Waals surface area contributed by atoms with E-state index in [1.54, 1.807) is 43.3 Å². The average Bonchev–Trinajstić information content (AvgIpc) is 2.88. The summed E-state index contributed by atoms with van der Waals surface area (Å²) in [4.78, 5) is 29.7. The Labute approximate surface area is 228 Å². The number of nitrogens with two attached hydrogens (primary N) is 1. The lowest BCUT2D eigenvalue weighted by Gasteiger charge is -2.16. The van der Waals surface area contributed by atoms with Crippen molar-refractivity contribution < 1.29 is 19.8 Å². The standard InChI is InChI=1S/C28H27N3O3.2ClH/c1-18-3-10-25(19(2)13-18)28(33)34-17-20-4-6-21(7-5-20)26(15-29)27(32)31-24-9-8-23-16-30-12-11-22(23)14-24;;/h3-14,16,26H,15,17,29H2,1-2H3,(H,31,32);2*1H/t26-;;/m1../s1/i16D,17D2,26D;;. The third kappa shape index (κ3) is 6.82. The number of carbonyl (C=O) groups is 2. The number of benzene rings is 3. The number of carbonyl (C=O) groups excluding carboxylic acids is 2. The number of nitrogens with zero attached hydrogens (tertiary/aromatic N) is 1. The summed E-state index contributed by atoms with van der Waals surface area (Å²) in [5.74, 6) is -3.33. The van der Waals surface area contributed by atoms with E-state index in [-0.39, 0.29) is 54.2 Å². The van der Waals surface area contributed by atoms with Gasteiger partial charge in [-0.2, -0.15) is 0 Å². The van der Waals surface area contributed by atoms with E-state index >= 15 is 0 Å². The number of aryl methyl sites for hydroxylation is 2. The second-order valence-electron chi connectivity index (χ2n) is 7.88. The van der Waals surface area contributed by atoms with Crippen LogP contribution >= 0.6 is 24.8 Å². The van der Waals surface area contributed by atoms with E-state index in [0.717, 1.165) is 5.56 Å². The van der Waals surface area contributed by atoms with E-state index in [2.05, 4.69) is 10.3 Å². The summed E-state index contributed by atoms with van der Waals surface area (Å²) < 4.78 is 38.5. The number of aromatic nitrogens is 1. The lowest BCUT2D eigenvalue weighted by molar-refractivity contribution is -0.117. The fourth-order valence-corrected chi connectivity index (χ4v) is 3.60. The maximum atomic E-state index is 13.1. The number of nitrogens with one attached hydrogen (secondary N) is 1. The van der Waals surface area contributed by atoms with Crippen LogP contribution in [-0.4, -0.2) is 23.4 Å². The third-order valence-electron chi connectivity index (χ3n) is 5.40. The van der Waals surface area contributed by atoms with Crippen LogP contribution in [0, 0.1) is 13.8 Å². The first-order valence-corrected chi connectivity index (χ1v) is 10.7. The molecule has 0 spiro atoms. The van der Waals surface area contributed by atoms with Gasteiger partial charge in [0.2, 0.25) is 5.91 Å². The molecule has 188 valence electrons. The monoisotopic (exact) mass is 529 g/mol. The third-order valence-corrected chi connectivity index (χ3v) is 5.40. The van der Waals surface area contributed by atoms with Crippen molar-refractivity contribution in [1.82, 2.24) is 4.98 Å². The van der Waals surface area contributed by atoms with Crippen LogP contribution in [-0.2, 0) is 16.1 Å². The normalized spacial score (nSPS) is 14.0. The number of fused-ring (bicyclic) bond motifs is 1. The molecule has 4 aromatic rings. The van der Waals surface area contributed by atoms with Crippen LogP contribution in [0.1, 0.15) is 44.0 Å². The summed E-state index contributed by atoms with van der Waals surface area (Å²) in [6, 6.07) is 17.5. The minimum Gasteiger partial charge on any atom is -0.457 e. The maximum Gasteiger partial charge on any atom is 0.338 e. The lowest BCUT2D eigenvalue weighted by Crippen LogP contribution is -2.27. The first kappa shape index (κ1) is 23.0. The molecule has 1 aromatic heterocycles. The quantitative estimate of drug-likeness (QED) is 0.298. The molecule has 1 atom stereocenters. The van der Waals surface area contributed by atoms with E-state index in [4.69, 9.17) is 16.0 Å². The van der Waals surface area contributed by atoms with Gasteiger partial charge in [0.25, 0.3) is 0 Å². The van der Waals surface area contributed by atoms with E-state index in [0.29, 0.717) is 22.0 Å². The van der Waals surface area contributed by atoms with E-state index in [9.17, 15) is 9.59 Å². The number of ether oxygens (including phenoxy) is 1. The molecule has 0 bridgehead atoms. The smallest absolute Gasteiger partial charge is 0.338 e. The van der Waals surface area contributed by atoms with E-state index < -0.39 is 24.3 Å². The number of rotatable bonds is 7. The number of esters is 1. The Morgan fingerprint density at radius 2 is 1.81 bits per heavy atom. The van der Waals surface area contributed by atoms with Gasteiger partial charge in [-0.15, -0.1) is 24.8 Å². The van der Waals surface area contributed by atoms with E-state index in [1.807, 2.05) is 13.0 Å². The first-order valence-electron chi connectivity index (χ1n) is 12.7. The zero-order chi connectivity index (χ0) is 27.7. The van der Waals surface area contributed by atoms with Crippen LogP contribution in [0.5, 0.6) is 0 Å². The van der Waals surface area contributed by atoms with Crippen molar-refractivity contribution in [3.63, 3.8) is 0 Å². The minimum absolute atomic E-state index is 0. The largest absolute Gasteiger partial charge is 0.457 e. The number of halogens is 2. The van der Waals surface area contributed by atoms with E-state index in [1.165, 1.54) is 30.5 Å². The molecule has 0 saturated heterocycles. The number of pyridine rings is 1.